The van der Waals surface area contributed by atoms with E-state index in [4.69, 9.17) is 0 Å². The monoisotopic (exact) mass is 281 g/mol. The van der Waals surface area contributed by atoms with E-state index in [-0.39, 0.29) is 5.69 Å². The van der Waals surface area contributed by atoms with Crippen molar-refractivity contribution in [2.24, 2.45) is 0 Å². The molecule has 20 heavy (non-hydrogen) atoms. The number of nitrogens with zero attached hydrogens (tertiary/aromatic N) is 2. The van der Waals surface area contributed by atoms with Gasteiger partial charge in [0.1, 0.15) is 0 Å². The van der Waals surface area contributed by atoms with E-state index in [1.165, 1.54) is 4.68 Å². The summed E-state index contributed by atoms with van der Waals surface area (Å²) in [6.45, 7) is 0.637. The molecule has 1 heterocycles. The molecule has 2 aromatic rings. The molecule has 0 radical (unpaired) electrons. The number of halogens is 3. The third kappa shape index (κ3) is 2.20. The lowest BCUT2D eigenvalue weighted by molar-refractivity contribution is 0.445. The van der Waals surface area contributed by atoms with Crippen molar-refractivity contribution in [3.05, 3.63) is 47.0 Å². The van der Waals surface area contributed by atoms with Gasteiger partial charge in [0, 0.05) is 30.2 Å². The van der Waals surface area contributed by atoms with Gasteiger partial charge in [0.05, 0.1) is 17.6 Å². The number of nitrogens with one attached hydrogen (secondary N) is 1. The third-order valence-corrected chi connectivity index (χ3v) is 3.43. The first kappa shape index (κ1) is 13.2. The number of aromatic nitrogens is 2. The largest absolute Gasteiger partial charge is 0.316 e. The van der Waals surface area contributed by atoms with E-state index in [2.05, 4.69) is 10.4 Å². The maximum Gasteiger partial charge on any atom is 0.194 e. The van der Waals surface area contributed by atoms with Crippen LogP contribution >= 0.6 is 0 Å². The van der Waals surface area contributed by atoms with Gasteiger partial charge in [-0.05, 0) is 19.9 Å². The third-order valence-electron chi connectivity index (χ3n) is 3.43. The van der Waals surface area contributed by atoms with Gasteiger partial charge in [-0.3, -0.25) is 0 Å². The van der Waals surface area contributed by atoms with Crippen molar-refractivity contribution >= 4 is 0 Å². The van der Waals surface area contributed by atoms with Crippen LogP contribution in [0.15, 0.2) is 18.3 Å². The highest BCUT2D eigenvalue weighted by atomic mass is 19.2. The zero-order valence-corrected chi connectivity index (χ0v) is 11.0. The molecule has 1 aromatic heterocycles. The lowest BCUT2D eigenvalue weighted by Gasteiger charge is -2.09. The standard InChI is InChI=1S/C14H14F3N3/c1-18-6-9-7-19-20(14(9)8-2-3-8)10-4-11(15)13(17)12(16)5-10/h4-5,7-8,18H,2-3,6H2,1H3. The molecule has 3 nitrogen and oxygen atoms in total. The van der Waals surface area contributed by atoms with Crippen LogP contribution in [0.25, 0.3) is 5.69 Å². The molecule has 106 valence electrons. The first-order chi connectivity index (χ1) is 9.61. The van der Waals surface area contributed by atoms with Crippen LogP contribution in [0.3, 0.4) is 0 Å². The minimum Gasteiger partial charge on any atom is -0.316 e. The fourth-order valence-corrected chi connectivity index (χ4v) is 2.38. The Bertz CT molecular complexity index is 624. The Morgan fingerprint density at radius 2 is 1.90 bits per heavy atom. The van der Waals surface area contributed by atoms with Crippen LogP contribution in [0, 0.1) is 17.5 Å². The van der Waals surface area contributed by atoms with Crippen molar-refractivity contribution in [3.63, 3.8) is 0 Å². The van der Waals surface area contributed by atoms with Crippen molar-refractivity contribution < 1.29 is 13.2 Å². The van der Waals surface area contributed by atoms with Crippen LogP contribution in [-0.2, 0) is 6.54 Å². The summed E-state index contributed by atoms with van der Waals surface area (Å²) in [5, 5.41) is 7.24. The molecule has 3 rings (SSSR count). The molecule has 0 aliphatic heterocycles. The van der Waals surface area contributed by atoms with Gasteiger partial charge < -0.3 is 5.32 Å². The summed E-state index contributed by atoms with van der Waals surface area (Å²) in [6.07, 6.45) is 3.76. The fraction of sp³-hybridized carbons (Fsp3) is 0.357. The minimum absolute atomic E-state index is 0.214. The minimum atomic E-state index is -1.45. The van der Waals surface area contributed by atoms with Crippen molar-refractivity contribution in [2.45, 2.75) is 25.3 Å². The molecule has 0 unspecified atom stereocenters. The summed E-state index contributed by atoms with van der Waals surface area (Å²) in [5.41, 5.74) is 2.16. The Morgan fingerprint density at radius 1 is 1.25 bits per heavy atom. The highest BCUT2D eigenvalue weighted by Gasteiger charge is 2.30. The van der Waals surface area contributed by atoms with Crippen LogP contribution in [0.1, 0.15) is 30.0 Å². The molecule has 1 saturated carbocycles. The number of benzene rings is 1. The highest BCUT2D eigenvalue weighted by Crippen LogP contribution is 2.42. The van der Waals surface area contributed by atoms with Gasteiger partial charge in [0.15, 0.2) is 17.5 Å². The van der Waals surface area contributed by atoms with Crippen LogP contribution in [0.5, 0.6) is 0 Å². The maximum absolute atomic E-state index is 13.4. The van der Waals surface area contributed by atoms with Crippen molar-refractivity contribution in [1.29, 1.82) is 0 Å². The topological polar surface area (TPSA) is 29.9 Å². The van der Waals surface area contributed by atoms with Gasteiger partial charge in [-0.25, -0.2) is 17.9 Å². The van der Waals surface area contributed by atoms with Gasteiger partial charge in [-0.2, -0.15) is 5.10 Å². The molecule has 0 bridgehead atoms. The molecular weight excluding hydrogens is 267 g/mol. The summed E-state index contributed by atoms with van der Waals surface area (Å²) in [7, 11) is 1.82. The quantitative estimate of drug-likeness (QED) is 0.873. The second-order valence-electron chi connectivity index (χ2n) is 4.99. The smallest absolute Gasteiger partial charge is 0.194 e. The van der Waals surface area contributed by atoms with Crippen LogP contribution in [0.4, 0.5) is 13.2 Å². The Labute approximate surface area is 114 Å². The van der Waals surface area contributed by atoms with Crippen molar-refractivity contribution in [1.82, 2.24) is 15.1 Å². The van der Waals surface area contributed by atoms with Gasteiger partial charge in [0.2, 0.25) is 0 Å². The molecule has 1 N–H and O–H groups in total. The number of hydrogen-bond acceptors (Lipinski definition) is 2. The Balaban J connectivity index is 2.10. The van der Waals surface area contributed by atoms with E-state index in [1.807, 2.05) is 7.05 Å². The van der Waals surface area contributed by atoms with Gasteiger partial charge >= 0.3 is 0 Å². The predicted molar refractivity (Wildman–Crippen MR) is 68.2 cm³/mol. The van der Waals surface area contributed by atoms with E-state index >= 15 is 0 Å². The van der Waals surface area contributed by atoms with Crippen molar-refractivity contribution in [3.8, 4) is 5.69 Å². The molecule has 1 aliphatic carbocycles. The summed E-state index contributed by atoms with van der Waals surface area (Å²) < 4.78 is 41.3. The average Bonchev–Trinajstić information content (AvgIpc) is 3.17. The normalized spacial score (nSPS) is 14.8. The number of rotatable bonds is 4. The summed E-state index contributed by atoms with van der Waals surface area (Å²) in [5.74, 6) is -3.50. The van der Waals surface area contributed by atoms with Gasteiger partial charge in [-0.1, -0.05) is 0 Å². The second kappa shape index (κ2) is 4.94. The predicted octanol–water partition coefficient (Wildman–Crippen LogP) is 2.89. The molecule has 0 atom stereocenters. The zero-order valence-electron chi connectivity index (χ0n) is 11.0. The van der Waals surface area contributed by atoms with Crippen LogP contribution in [-0.4, -0.2) is 16.8 Å². The molecule has 6 heteroatoms. The summed E-state index contributed by atoms with van der Waals surface area (Å²) in [4.78, 5) is 0. The van der Waals surface area contributed by atoms with Crippen LogP contribution in [0.2, 0.25) is 0 Å². The SMILES string of the molecule is CNCc1cnn(-c2cc(F)c(F)c(F)c2)c1C1CC1. The highest BCUT2D eigenvalue weighted by molar-refractivity contribution is 5.39. The summed E-state index contributed by atoms with van der Waals surface area (Å²) >= 11 is 0. The molecule has 0 saturated heterocycles. The maximum atomic E-state index is 13.4. The zero-order chi connectivity index (χ0) is 14.3. The Hall–Kier alpha value is -1.82. The van der Waals surface area contributed by atoms with E-state index in [0.29, 0.717) is 12.5 Å². The van der Waals surface area contributed by atoms with E-state index in [0.717, 1.165) is 36.2 Å². The molecule has 1 aromatic carbocycles. The van der Waals surface area contributed by atoms with Crippen LogP contribution < -0.4 is 5.32 Å². The molecule has 1 fully saturated rings. The fourth-order valence-electron chi connectivity index (χ4n) is 2.38. The number of hydrogen-bond donors (Lipinski definition) is 1. The Morgan fingerprint density at radius 3 is 2.45 bits per heavy atom. The Kier molecular flexibility index (Phi) is 3.25. The van der Waals surface area contributed by atoms with E-state index in [1.54, 1.807) is 6.20 Å². The second-order valence-corrected chi connectivity index (χ2v) is 4.99. The van der Waals surface area contributed by atoms with E-state index < -0.39 is 17.5 Å². The lowest BCUT2D eigenvalue weighted by Crippen LogP contribution is -2.09. The molecular formula is C14H14F3N3. The lowest BCUT2D eigenvalue weighted by atomic mass is 10.1. The average molecular weight is 281 g/mol. The molecule has 1 aliphatic rings. The summed E-state index contributed by atoms with van der Waals surface area (Å²) in [6, 6.07) is 1.95. The van der Waals surface area contributed by atoms with Crippen molar-refractivity contribution in [2.75, 3.05) is 7.05 Å². The van der Waals surface area contributed by atoms with Gasteiger partial charge in [0.25, 0.3) is 0 Å². The van der Waals surface area contributed by atoms with E-state index in [9.17, 15) is 13.2 Å². The molecule has 0 spiro atoms. The molecule has 0 amide bonds. The first-order valence-electron chi connectivity index (χ1n) is 6.48. The first-order valence-corrected chi connectivity index (χ1v) is 6.48. The van der Waals surface area contributed by atoms with Gasteiger partial charge in [-0.15, -0.1) is 0 Å².